The summed E-state index contributed by atoms with van der Waals surface area (Å²) in [7, 11) is 1.78. The van der Waals surface area contributed by atoms with Crippen LogP contribution in [0.1, 0.15) is 9.81 Å². The van der Waals surface area contributed by atoms with Crippen molar-refractivity contribution in [2.24, 2.45) is 7.05 Å². The Morgan fingerprint density at radius 3 is 2.91 bits per heavy atom. The van der Waals surface area contributed by atoms with E-state index in [4.69, 9.17) is 4.11 Å². The summed E-state index contributed by atoms with van der Waals surface area (Å²) in [6.07, 6.45) is 0. The zero-order chi connectivity index (χ0) is 10.3. The molecule has 0 N–H and O–H groups in total. The normalized spacial score (nSPS) is 15.9. The number of nitrogens with zero attached hydrogens (tertiary/aromatic N) is 1. The summed E-state index contributed by atoms with van der Waals surface area (Å²) in [6, 6.07) is 9.38. The highest BCUT2D eigenvalue weighted by atomic mass is 14.9. The van der Waals surface area contributed by atoms with Crippen LogP contribution < -0.4 is 0 Å². The lowest BCUT2D eigenvalue weighted by atomic mass is 10.2. The third kappa shape index (κ3) is 0.845. The van der Waals surface area contributed by atoms with Gasteiger partial charge in [-0.2, -0.15) is 0 Å². The number of hydrogen-bond donors (Lipinski definition) is 0. The van der Waals surface area contributed by atoms with Crippen LogP contribution in [-0.4, -0.2) is 4.57 Å². The second-order valence-corrected chi connectivity index (χ2v) is 2.65. The lowest BCUT2D eigenvalue weighted by molar-refractivity contribution is 0.918. The zero-order valence-electron chi connectivity index (χ0n) is 9.33. The largest absolute Gasteiger partial charge is 0.348 e. The molecule has 0 atom stereocenters. The molecule has 56 valence electrons. The number of benzene rings is 1. The molecule has 2 rings (SSSR count). The van der Waals surface area contributed by atoms with Gasteiger partial charge in [0, 0.05) is 22.4 Å². The van der Waals surface area contributed by atoms with E-state index in [1.54, 1.807) is 17.7 Å². The van der Waals surface area contributed by atoms with Crippen LogP contribution in [0.3, 0.4) is 0 Å². The van der Waals surface area contributed by atoms with E-state index in [1.165, 1.54) is 0 Å². The number of hydrogen-bond acceptors (Lipinski definition) is 0. The Hall–Kier alpha value is -1.24. The summed E-state index contributed by atoms with van der Waals surface area (Å²) in [4.78, 5) is 0. The summed E-state index contributed by atoms with van der Waals surface area (Å²) >= 11 is 0. The smallest absolute Gasteiger partial charge is 0.0479 e. The van der Waals surface area contributed by atoms with Crippen molar-refractivity contribution >= 4 is 10.9 Å². The van der Waals surface area contributed by atoms with Gasteiger partial charge in [0.15, 0.2) is 0 Å². The predicted octanol–water partition coefficient (Wildman–Crippen LogP) is 2.49. The van der Waals surface area contributed by atoms with Gasteiger partial charge < -0.3 is 4.57 Å². The number of aryl methyl sites for hydroxylation is 2. The zero-order valence-corrected chi connectivity index (χ0v) is 6.33. The maximum absolute atomic E-state index is 7.36. The average Bonchev–Trinajstić information content (AvgIpc) is 2.44. The fraction of sp³-hybridized carbons (Fsp3) is 0.200. The van der Waals surface area contributed by atoms with E-state index < -0.39 is 6.85 Å². The Morgan fingerprint density at radius 2 is 2.18 bits per heavy atom. The Balaban J connectivity index is 2.75. The van der Waals surface area contributed by atoms with Crippen LogP contribution in [0.4, 0.5) is 0 Å². The van der Waals surface area contributed by atoms with Gasteiger partial charge in [-0.15, -0.1) is 0 Å². The van der Waals surface area contributed by atoms with Crippen molar-refractivity contribution in [3.63, 3.8) is 0 Å². The molecule has 1 heterocycles. The molecule has 0 spiro atoms. The van der Waals surface area contributed by atoms with Crippen LogP contribution in [0.25, 0.3) is 10.9 Å². The second kappa shape index (κ2) is 2.12. The Labute approximate surface area is 70.5 Å². The average molecular weight is 148 g/mol. The van der Waals surface area contributed by atoms with Crippen molar-refractivity contribution in [1.82, 2.24) is 4.57 Å². The molecule has 0 saturated heterocycles. The monoisotopic (exact) mass is 148 g/mol. The number of rotatable bonds is 0. The first-order chi connectivity index (χ1) is 6.50. The SMILES string of the molecule is [2H]C([2H])([2H])c1cc2ccccc2n1C. The Bertz CT molecular complexity index is 468. The van der Waals surface area contributed by atoms with Crippen molar-refractivity contribution in [3.8, 4) is 0 Å². The van der Waals surface area contributed by atoms with Gasteiger partial charge in [0.2, 0.25) is 0 Å². The van der Waals surface area contributed by atoms with Crippen LogP contribution in [0.15, 0.2) is 30.3 Å². The molecule has 1 heteroatoms. The molecule has 0 aliphatic carbocycles. The highest BCUT2D eigenvalue weighted by molar-refractivity contribution is 5.80. The van der Waals surface area contributed by atoms with Crippen molar-refractivity contribution in [3.05, 3.63) is 36.0 Å². The lowest BCUT2D eigenvalue weighted by Gasteiger charge is -1.96. The number of para-hydroxylation sites is 1. The van der Waals surface area contributed by atoms with Crippen molar-refractivity contribution < 1.29 is 4.11 Å². The molecule has 11 heavy (non-hydrogen) atoms. The van der Waals surface area contributed by atoms with Gasteiger partial charge in [0.25, 0.3) is 0 Å². The maximum Gasteiger partial charge on any atom is 0.0479 e. The topological polar surface area (TPSA) is 4.93 Å². The predicted molar refractivity (Wildman–Crippen MR) is 47.7 cm³/mol. The Morgan fingerprint density at radius 1 is 1.36 bits per heavy atom. The van der Waals surface area contributed by atoms with Gasteiger partial charge in [-0.05, 0) is 24.4 Å². The van der Waals surface area contributed by atoms with Gasteiger partial charge in [-0.25, -0.2) is 0 Å². The third-order valence-corrected chi connectivity index (χ3v) is 1.95. The van der Waals surface area contributed by atoms with Gasteiger partial charge >= 0.3 is 0 Å². The van der Waals surface area contributed by atoms with E-state index in [-0.39, 0.29) is 0 Å². The van der Waals surface area contributed by atoms with Crippen LogP contribution in [0, 0.1) is 6.85 Å². The molecule has 1 aromatic carbocycles. The third-order valence-electron chi connectivity index (χ3n) is 1.95. The van der Waals surface area contributed by atoms with Gasteiger partial charge in [0.05, 0.1) is 0 Å². The lowest BCUT2D eigenvalue weighted by Crippen LogP contribution is -1.88. The molecule has 0 amide bonds. The molecule has 0 bridgehead atoms. The molecular weight excluding hydrogens is 134 g/mol. The summed E-state index contributed by atoms with van der Waals surface area (Å²) in [5.74, 6) is 0. The molecular formula is C10H11N. The number of fused-ring (bicyclic) bond motifs is 1. The van der Waals surface area contributed by atoms with Crippen molar-refractivity contribution in [2.75, 3.05) is 0 Å². The minimum Gasteiger partial charge on any atom is -0.348 e. The highest BCUT2D eigenvalue weighted by Crippen LogP contribution is 2.16. The first-order valence-corrected chi connectivity index (χ1v) is 3.55. The van der Waals surface area contributed by atoms with E-state index in [2.05, 4.69) is 0 Å². The van der Waals surface area contributed by atoms with Crippen molar-refractivity contribution in [1.29, 1.82) is 0 Å². The molecule has 2 aromatic rings. The van der Waals surface area contributed by atoms with Crippen LogP contribution in [-0.2, 0) is 7.05 Å². The molecule has 0 aliphatic rings. The van der Waals surface area contributed by atoms with E-state index in [1.807, 2.05) is 24.3 Å². The molecule has 0 radical (unpaired) electrons. The maximum atomic E-state index is 7.36. The minimum absolute atomic E-state index is 0.388. The fourth-order valence-corrected chi connectivity index (χ4v) is 1.29. The van der Waals surface area contributed by atoms with E-state index in [9.17, 15) is 0 Å². The molecule has 0 fully saturated rings. The van der Waals surface area contributed by atoms with Gasteiger partial charge in [0.1, 0.15) is 0 Å². The number of aromatic nitrogens is 1. The molecule has 1 aromatic heterocycles. The molecule has 1 nitrogen and oxygen atoms in total. The fourth-order valence-electron chi connectivity index (χ4n) is 1.29. The summed E-state index contributed by atoms with van der Waals surface area (Å²) < 4.78 is 23.8. The van der Waals surface area contributed by atoms with Crippen LogP contribution in [0.2, 0.25) is 0 Å². The standard InChI is InChI=1S/C10H11N/c1-8-7-9-5-3-4-6-10(9)11(8)2/h3-7H,1-2H3/i1D3. The minimum atomic E-state index is -2.03. The molecule has 0 unspecified atom stereocenters. The summed E-state index contributed by atoms with van der Waals surface area (Å²) in [5, 5.41) is 0.973. The van der Waals surface area contributed by atoms with Crippen LogP contribution in [0.5, 0.6) is 0 Å². The first-order valence-electron chi connectivity index (χ1n) is 5.05. The molecule has 0 aliphatic heterocycles. The van der Waals surface area contributed by atoms with Gasteiger partial charge in [-0.1, -0.05) is 18.2 Å². The molecule has 0 saturated carbocycles. The summed E-state index contributed by atoms with van der Waals surface area (Å²) in [6.45, 7) is -2.03. The van der Waals surface area contributed by atoms with Crippen LogP contribution >= 0.6 is 0 Å². The van der Waals surface area contributed by atoms with Gasteiger partial charge in [-0.3, -0.25) is 0 Å². The van der Waals surface area contributed by atoms with Crippen molar-refractivity contribution in [2.45, 2.75) is 6.85 Å². The quantitative estimate of drug-likeness (QED) is 0.541. The highest BCUT2D eigenvalue weighted by Gasteiger charge is 1.98. The Kier molecular flexibility index (Phi) is 0.764. The van der Waals surface area contributed by atoms with E-state index >= 15 is 0 Å². The van der Waals surface area contributed by atoms with E-state index in [0.717, 1.165) is 10.9 Å². The first kappa shape index (κ1) is 3.96. The second-order valence-electron chi connectivity index (χ2n) is 2.65. The van der Waals surface area contributed by atoms with E-state index in [0.29, 0.717) is 5.69 Å². The summed E-state index contributed by atoms with van der Waals surface area (Å²) in [5.41, 5.74) is 1.34.